The fourth-order valence-electron chi connectivity index (χ4n) is 1.89. The Kier molecular flexibility index (Phi) is 2.09. The van der Waals surface area contributed by atoms with Gasteiger partial charge in [-0.05, 0) is 30.3 Å². The molecule has 0 saturated carbocycles. The van der Waals surface area contributed by atoms with Crippen LogP contribution in [0.1, 0.15) is 0 Å². The standard InChI is InChI=1S/C13H7ClO3/c14-7-1-3-10-9-4-2-8(15)6-11(9)13(16)17-12(10)5-7/h1-6,15H. The molecule has 0 bridgehead atoms. The fourth-order valence-corrected chi connectivity index (χ4v) is 2.06. The SMILES string of the molecule is O=c1oc2cc(Cl)ccc2c2ccc(O)cc12. The molecule has 3 nitrogen and oxygen atoms in total. The first-order valence-corrected chi connectivity index (χ1v) is 5.38. The molecule has 0 aliphatic rings. The van der Waals surface area contributed by atoms with Gasteiger partial charge < -0.3 is 9.52 Å². The maximum atomic E-state index is 11.7. The first-order chi connectivity index (χ1) is 8.15. The van der Waals surface area contributed by atoms with Gasteiger partial charge in [-0.3, -0.25) is 0 Å². The Morgan fingerprint density at radius 3 is 2.59 bits per heavy atom. The largest absolute Gasteiger partial charge is 0.508 e. The van der Waals surface area contributed by atoms with Crippen LogP contribution < -0.4 is 5.63 Å². The van der Waals surface area contributed by atoms with Crippen molar-refractivity contribution in [2.45, 2.75) is 0 Å². The molecule has 0 atom stereocenters. The van der Waals surface area contributed by atoms with Gasteiger partial charge in [0.2, 0.25) is 0 Å². The van der Waals surface area contributed by atoms with Crippen LogP contribution in [0.5, 0.6) is 5.75 Å². The van der Waals surface area contributed by atoms with E-state index < -0.39 is 5.63 Å². The highest BCUT2D eigenvalue weighted by Crippen LogP contribution is 2.27. The molecular formula is C13H7ClO3. The summed E-state index contributed by atoms with van der Waals surface area (Å²) >= 11 is 5.85. The van der Waals surface area contributed by atoms with E-state index in [-0.39, 0.29) is 5.75 Å². The maximum Gasteiger partial charge on any atom is 0.344 e. The quantitative estimate of drug-likeness (QED) is 0.489. The van der Waals surface area contributed by atoms with E-state index in [2.05, 4.69) is 0 Å². The van der Waals surface area contributed by atoms with E-state index in [1.54, 1.807) is 24.3 Å². The van der Waals surface area contributed by atoms with Gasteiger partial charge in [0, 0.05) is 21.9 Å². The highest BCUT2D eigenvalue weighted by Gasteiger charge is 2.08. The average Bonchev–Trinajstić information content (AvgIpc) is 2.29. The molecule has 0 aliphatic heterocycles. The summed E-state index contributed by atoms with van der Waals surface area (Å²) in [6.07, 6.45) is 0. The van der Waals surface area contributed by atoms with Gasteiger partial charge >= 0.3 is 5.63 Å². The van der Waals surface area contributed by atoms with Crippen LogP contribution >= 0.6 is 11.6 Å². The van der Waals surface area contributed by atoms with E-state index in [0.29, 0.717) is 16.0 Å². The zero-order chi connectivity index (χ0) is 12.0. The van der Waals surface area contributed by atoms with E-state index in [4.69, 9.17) is 16.0 Å². The molecule has 0 aliphatic carbocycles. The van der Waals surface area contributed by atoms with Crippen LogP contribution in [-0.2, 0) is 0 Å². The number of benzene rings is 2. The zero-order valence-electron chi connectivity index (χ0n) is 8.61. The topological polar surface area (TPSA) is 50.4 Å². The molecule has 1 aromatic heterocycles. The van der Waals surface area contributed by atoms with E-state index >= 15 is 0 Å². The van der Waals surface area contributed by atoms with Gasteiger partial charge in [-0.1, -0.05) is 11.6 Å². The lowest BCUT2D eigenvalue weighted by molar-refractivity contribution is 0.475. The van der Waals surface area contributed by atoms with Crippen LogP contribution in [-0.4, -0.2) is 5.11 Å². The molecule has 2 aromatic carbocycles. The van der Waals surface area contributed by atoms with Crippen LogP contribution in [0.15, 0.2) is 45.6 Å². The molecule has 3 rings (SSSR count). The second-order valence-corrected chi connectivity index (χ2v) is 4.20. The van der Waals surface area contributed by atoms with Crippen molar-refractivity contribution in [2.75, 3.05) is 0 Å². The number of phenolic OH excluding ortho intramolecular Hbond substituents is 1. The molecule has 17 heavy (non-hydrogen) atoms. The molecule has 1 N–H and O–H groups in total. The third kappa shape index (κ3) is 1.56. The minimum Gasteiger partial charge on any atom is -0.508 e. The summed E-state index contributed by atoms with van der Waals surface area (Å²) in [6, 6.07) is 9.75. The monoisotopic (exact) mass is 246 g/mol. The second kappa shape index (κ2) is 3.50. The zero-order valence-corrected chi connectivity index (χ0v) is 9.36. The first kappa shape index (κ1) is 10.2. The Balaban J connectivity index is 2.60. The summed E-state index contributed by atoms with van der Waals surface area (Å²) < 4.78 is 5.16. The highest BCUT2D eigenvalue weighted by molar-refractivity contribution is 6.31. The third-order valence-electron chi connectivity index (χ3n) is 2.66. The van der Waals surface area contributed by atoms with Crippen molar-refractivity contribution in [1.82, 2.24) is 0 Å². The van der Waals surface area contributed by atoms with Gasteiger partial charge in [0.05, 0.1) is 5.39 Å². The molecule has 0 spiro atoms. The minimum absolute atomic E-state index is 0.0399. The van der Waals surface area contributed by atoms with Crippen molar-refractivity contribution in [2.24, 2.45) is 0 Å². The molecule has 4 heteroatoms. The Labute approximate surface area is 101 Å². The van der Waals surface area contributed by atoms with Crippen LogP contribution in [0.4, 0.5) is 0 Å². The van der Waals surface area contributed by atoms with Crippen LogP contribution in [0.25, 0.3) is 21.7 Å². The normalized spacial score (nSPS) is 11.1. The highest BCUT2D eigenvalue weighted by atomic mass is 35.5. The van der Waals surface area contributed by atoms with E-state index in [1.165, 1.54) is 12.1 Å². The maximum absolute atomic E-state index is 11.7. The van der Waals surface area contributed by atoms with Gasteiger partial charge in [0.15, 0.2) is 0 Å². The molecule has 84 valence electrons. The fraction of sp³-hybridized carbons (Fsp3) is 0. The number of hydrogen-bond acceptors (Lipinski definition) is 3. The van der Waals surface area contributed by atoms with Crippen LogP contribution in [0, 0.1) is 0 Å². The number of fused-ring (bicyclic) bond motifs is 3. The lowest BCUT2D eigenvalue weighted by atomic mass is 10.1. The number of hydrogen-bond donors (Lipinski definition) is 1. The number of halogens is 1. The average molecular weight is 247 g/mol. The van der Waals surface area contributed by atoms with Crippen LogP contribution in [0.3, 0.4) is 0 Å². The van der Waals surface area contributed by atoms with Crippen molar-refractivity contribution in [3.05, 3.63) is 51.8 Å². The molecule has 0 amide bonds. The van der Waals surface area contributed by atoms with Crippen LogP contribution in [0.2, 0.25) is 5.02 Å². The van der Waals surface area contributed by atoms with E-state index in [9.17, 15) is 9.90 Å². The van der Waals surface area contributed by atoms with Crippen molar-refractivity contribution in [1.29, 1.82) is 0 Å². The van der Waals surface area contributed by atoms with Crippen molar-refractivity contribution >= 4 is 33.3 Å². The first-order valence-electron chi connectivity index (χ1n) is 5.00. The second-order valence-electron chi connectivity index (χ2n) is 3.76. The predicted molar refractivity (Wildman–Crippen MR) is 66.7 cm³/mol. The third-order valence-corrected chi connectivity index (χ3v) is 2.89. The molecular weight excluding hydrogens is 240 g/mol. The summed E-state index contributed by atoms with van der Waals surface area (Å²) in [5.74, 6) is 0.0399. The number of aromatic hydroxyl groups is 1. The predicted octanol–water partition coefficient (Wildman–Crippen LogP) is 3.31. The summed E-state index contributed by atoms with van der Waals surface area (Å²) in [4.78, 5) is 11.7. The summed E-state index contributed by atoms with van der Waals surface area (Å²) in [6.45, 7) is 0. The van der Waals surface area contributed by atoms with Gasteiger partial charge in [0.25, 0.3) is 0 Å². The van der Waals surface area contributed by atoms with E-state index in [0.717, 1.165) is 10.8 Å². The molecule has 0 saturated heterocycles. The van der Waals surface area contributed by atoms with Crippen molar-refractivity contribution < 1.29 is 9.52 Å². The Bertz CT molecular complexity index is 790. The molecule has 0 radical (unpaired) electrons. The van der Waals surface area contributed by atoms with Crippen molar-refractivity contribution in [3.8, 4) is 5.75 Å². The lowest BCUT2D eigenvalue weighted by Gasteiger charge is -2.02. The summed E-state index contributed by atoms with van der Waals surface area (Å²) in [5, 5.41) is 11.8. The van der Waals surface area contributed by atoms with Gasteiger partial charge in [0.1, 0.15) is 11.3 Å². The Morgan fingerprint density at radius 2 is 1.76 bits per heavy atom. The molecule has 1 heterocycles. The number of rotatable bonds is 0. The van der Waals surface area contributed by atoms with Gasteiger partial charge in [-0.2, -0.15) is 0 Å². The molecule has 3 aromatic rings. The lowest BCUT2D eigenvalue weighted by Crippen LogP contribution is -1.99. The van der Waals surface area contributed by atoms with Crippen molar-refractivity contribution in [3.63, 3.8) is 0 Å². The Hall–Kier alpha value is -2.00. The summed E-state index contributed by atoms with van der Waals surface area (Å²) in [5.41, 5.74) is -0.0358. The van der Waals surface area contributed by atoms with Gasteiger partial charge in [-0.15, -0.1) is 0 Å². The molecule has 0 unspecified atom stereocenters. The van der Waals surface area contributed by atoms with Gasteiger partial charge in [-0.25, -0.2) is 4.79 Å². The summed E-state index contributed by atoms with van der Waals surface area (Å²) in [7, 11) is 0. The minimum atomic E-state index is -0.481. The number of phenols is 1. The Morgan fingerprint density at radius 1 is 1.00 bits per heavy atom. The smallest absolute Gasteiger partial charge is 0.344 e. The molecule has 0 fully saturated rings. The van der Waals surface area contributed by atoms with E-state index in [1.807, 2.05) is 0 Å².